The van der Waals surface area contributed by atoms with Gasteiger partial charge in [0.25, 0.3) is 5.91 Å². The molecule has 6 heteroatoms. The van der Waals surface area contributed by atoms with E-state index in [1.807, 2.05) is 39.0 Å². The van der Waals surface area contributed by atoms with Crippen molar-refractivity contribution in [1.82, 2.24) is 4.31 Å². The van der Waals surface area contributed by atoms with Crippen molar-refractivity contribution in [3.05, 3.63) is 59.2 Å². The normalized spacial score (nSPS) is 11.6. The van der Waals surface area contributed by atoms with Gasteiger partial charge in [-0.2, -0.15) is 4.31 Å². The molecule has 2 aromatic rings. The van der Waals surface area contributed by atoms with Gasteiger partial charge in [-0.05, 0) is 56.2 Å². The number of aryl methyl sites for hydroxylation is 2. The molecule has 5 nitrogen and oxygen atoms in total. The summed E-state index contributed by atoms with van der Waals surface area (Å²) in [6.07, 6.45) is 0. The first kappa shape index (κ1) is 21.1. The second kappa shape index (κ2) is 8.67. The summed E-state index contributed by atoms with van der Waals surface area (Å²) in [6.45, 7) is 10.7. The summed E-state index contributed by atoms with van der Waals surface area (Å²) in [7, 11) is -3.61. The van der Waals surface area contributed by atoms with Gasteiger partial charge in [0.15, 0.2) is 0 Å². The highest BCUT2D eigenvalue weighted by atomic mass is 32.2. The second-order valence-corrected chi connectivity index (χ2v) is 8.39. The van der Waals surface area contributed by atoms with Crippen molar-refractivity contribution in [3.63, 3.8) is 0 Å². The summed E-state index contributed by atoms with van der Waals surface area (Å²) in [4.78, 5) is 15.0. The summed E-state index contributed by atoms with van der Waals surface area (Å²) >= 11 is 0. The molecule has 0 saturated carbocycles. The number of rotatable bonds is 7. The molecule has 146 valence electrons. The lowest BCUT2D eigenvalue weighted by Gasteiger charge is -2.24. The van der Waals surface area contributed by atoms with E-state index in [0.29, 0.717) is 25.2 Å². The van der Waals surface area contributed by atoms with Crippen LogP contribution in [0.5, 0.6) is 0 Å². The van der Waals surface area contributed by atoms with Gasteiger partial charge in [0.1, 0.15) is 0 Å². The lowest BCUT2D eigenvalue weighted by atomic mass is 10.1. The Morgan fingerprint density at radius 2 is 1.59 bits per heavy atom. The number of amides is 1. The zero-order valence-corrected chi connectivity index (χ0v) is 17.5. The second-order valence-electron chi connectivity index (χ2n) is 6.46. The maximum atomic E-state index is 13.1. The molecule has 0 aliphatic heterocycles. The molecule has 0 spiro atoms. The minimum absolute atomic E-state index is 0.147. The number of carbonyl (C=O) groups excluding carboxylic acids is 1. The molecule has 0 fully saturated rings. The van der Waals surface area contributed by atoms with Crippen LogP contribution >= 0.6 is 0 Å². The fourth-order valence-electron chi connectivity index (χ4n) is 3.09. The smallest absolute Gasteiger partial charge is 0.258 e. The molecule has 0 aliphatic carbocycles. The monoisotopic (exact) mass is 388 g/mol. The number of benzene rings is 2. The van der Waals surface area contributed by atoms with Crippen molar-refractivity contribution >= 4 is 21.6 Å². The summed E-state index contributed by atoms with van der Waals surface area (Å²) in [6, 6.07) is 12.3. The van der Waals surface area contributed by atoms with E-state index in [9.17, 15) is 13.2 Å². The van der Waals surface area contributed by atoms with Crippen LogP contribution in [-0.2, 0) is 10.0 Å². The Hall–Kier alpha value is -2.18. The van der Waals surface area contributed by atoms with E-state index in [2.05, 4.69) is 0 Å². The molecule has 0 bridgehead atoms. The van der Waals surface area contributed by atoms with Gasteiger partial charge in [0, 0.05) is 30.9 Å². The molecule has 27 heavy (non-hydrogen) atoms. The summed E-state index contributed by atoms with van der Waals surface area (Å²) in [5, 5.41) is 0. The van der Waals surface area contributed by atoms with Crippen molar-refractivity contribution in [2.45, 2.75) is 39.5 Å². The average molecular weight is 389 g/mol. The standard InChI is InChI=1S/C21H28N2O3S/c1-6-22(7-2)27(25,26)19-11-9-10-18(15-19)21(24)23(8-3)20-14-16(4)12-13-17(20)5/h9-15H,6-8H2,1-5H3. The van der Waals surface area contributed by atoms with Gasteiger partial charge in [-0.15, -0.1) is 0 Å². The quantitative estimate of drug-likeness (QED) is 0.720. The fraction of sp³-hybridized carbons (Fsp3) is 0.381. The third kappa shape index (κ3) is 4.39. The highest BCUT2D eigenvalue weighted by molar-refractivity contribution is 7.89. The number of hydrogen-bond donors (Lipinski definition) is 0. The number of nitrogens with zero attached hydrogens (tertiary/aromatic N) is 2. The third-order valence-corrected chi connectivity index (χ3v) is 6.69. The van der Waals surface area contributed by atoms with E-state index in [4.69, 9.17) is 0 Å². The molecule has 0 heterocycles. The molecule has 0 aromatic heterocycles. The minimum atomic E-state index is -3.61. The van der Waals surface area contributed by atoms with Crippen LogP contribution in [0.3, 0.4) is 0 Å². The zero-order chi connectivity index (χ0) is 20.2. The number of hydrogen-bond acceptors (Lipinski definition) is 3. The van der Waals surface area contributed by atoms with Crippen LogP contribution in [0, 0.1) is 13.8 Å². The molecule has 0 radical (unpaired) electrons. The van der Waals surface area contributed by atoms with Crippen molar-refractivity contribution in [3.8, 4) is 0 Å². The molecule has 0 N–H and O–H groups in total. The fourth-order valence-corrected chi connectivity index (χ4v) is 4.60. The van der Waals surface area contributed by atoms with Crippen LogP contribution in [0.25, 0.3) is 0 Å². The van der Waals surface area contributed by atoms with E-state index < -0.39 is 10.0 Å². The topological polar surface area (TPSA) is 57.7 Å². The summed E-state index contributed by atoms with van der Waals surface area (Å²) in [5.41, 5.74) is 3.29. The van der Waals surface area contributed by atoms with E-state index in [1.54, 1.807) is 36.9 Å². The van der Waals surface area contributed by atoms with E-state index in [0.717, 1.165) is 16.8 Å². The van der Waals surface area contributed by atoms with Gasteiger partial charge in [0.2, 0.25) is 10.0 Å². The van der Waals surface area contributed by atoms with Gasteiger partial charge in [-0.1, -0.05) is 32.0 Å². The maximum absolute atomic E-state index is 13.1. The van der Waals surface area contributed by atoms with Crippen LogP contribution in [0.4, 0.5) is 5.69 Å². The molecule has 0 atom stereocenters. The van der Waals surface area contributed by atoms with E-state index in [-0.39, 0.29) is 10.8 Å². The predicted molar refractivity (Wildman–Crippen MR) is 110 cm³/mol. The highest BCUT2D eigenvalue weighted by Crippen LogP contribution is 2.24. The summed E-state index contributed by atoms with van der Waals surface area (Å²) < 4.78 is 26.9. The van der Waals surface area contributed by atoms with Gasteiger partial charge >= 0.3 is 0 Å². The molecular formula is C21H28N2O3S. The highest BCUT2D eigenvalue weighted by Gasteiger charge is 2.24. The first-order valence-corrected chi connectivity index (χ1v) is 10.7. The van der Waals surface area contributed by atoms with Crippen LogP contribution in [0.1, 0.15) is 42.3 Å². The van der Waals surface area contributed by atoms with Crippen molar-refractivity contribution in [2.75, 3.05) is 24.5 Å². The van der Waals surface area contributed by atoms with E-state index >= 15 is 0 Å². The minimum Gasteiger partial charge on any atom is -0.308 e. The molecular weight excluding hydrogens is 360 g/mol. The Balaban J connectivity index is 2.46. The largest absolute Gasteiger partial charge is 0.308 e. The molecule has 0 unspecified atom stereocenters. The van der Waals surface area contributed by atoms with E-state index in [1.165, 1.54) is 10.4 Å². The SMILES string of the molecule is CCN(C(=O)c1cccc(S(=O)(=O)N(CC)CC)c1)c1cc(C)ccc1C. The zero-order valence-electron chi connectivity index (χ0n) is 16.7. The number of carbonyl (C=O) groups is 1. The van der Waals surface area contributed by atoms with Gasteiger partial charge in [-0.3, -0.25) is 4.79 Å². The van der Waals surface area contributed by atoms with Crippen molar-refractivity contribution < 1.29 is 13.2 Å². The Labute approximate surface area is 162 Å². The van der Waals surface area contributed by atoms with Crippen molar-refractivity contribution in [2.24, 2.45) is 0 Å². The predicted octanol–water partition coefficient (Wildman–Crippen LogP) is 4.00. The molecule has 1 amide bonds. The van der Waals surface area contributed by atoms with Gasteiger partial charge < -0.3 is 4.90 Å². The summed E-state index contributed by atoms with van der Waals surface area (Å²) in [5.74, 6) is -0.206. The lowest BCUT2D eigenvalue weighted by molar-refractivity contribution is 0.0988. The molecule has 0 saturated heterocycles. The number of sulfonamides is 1. The van der Waals surface area contributed by atoms with Crippen LogP contribution < -0.4 is 4.90 Å². The van der Waals surface area contributed by atoms with Crippen LogP contribution in [-0.4, -0.2) is 38.3 Å². The van der Waals surface area contributed by atoms with Gasteiger partial charge in [-0.25, -0.2) is 8.42 Å². The Kier molecular flexibility index (Phi) is 6.78. The lowest BCUT2D eigenvalue weighted by Crippen LogP contribution is -2.32. The number of anilines is 1. The Morgan fingerprint density at radius 3 is 2.19 bits per heavy atom. The third-order valence-electron chi connectivity index (χ3n) is 4.64. The van der Waals surface area contributed by atoms with Crippen molar-refractivity contribution in [1.29, 1.82) is 0 Å². The molecule has 0 aliphatic rings. The Bertz CT molecular complexity index is 919. The average Bonchev–Trinajstić information content (AvgIpc) is 2.66. The first-order chi connectivity index (χ1) is 12.8. The maximum Gasteiger partial charge on any atom is 0.258 e. The Morgan fingerprint density at radius 1 is 0.926 bits per heavy atom. The van der Waals surface area contributed by atoms with Gasteiger partial charge in [0.05, 0.1) is 4.90 Å². The van der Waals surface area contributed by atoms with Crippen LogP contribution in [0.2, 0.25) is 0 Å². The first-order valence-electron chi connectivity index (χ1n) is 9.25. The molecule has 2 aromatic carbocycles. The molecule has 2 rings (SSSR count). The van der Waals surface area contributed by atoms with Crippen LogP contribution in [0.15, 0.2) is 47.4 Å².